The fraction of sp³-hybridized carbons (Fsp3) is 0.269. The Labute approximate surface area is 188 Å². The number of nitrogens with one attached hydrogen (secondary N) is 1. The first kappa shape index (κ1) is 23.0. The molecule has 0 radical (unpaired) electrons. The van der Waals surface area contributed by atoms with Gasteiger partial charge in [0.1, 0.15) is 5.60 Å². The fourth-order valence-corrected chi connectivity index (χ4v) is 3.22. The summed E-state index contributed by atoms with van der Waals surface area (Å²) < 4.78 is 10.9. The molecule has 0 saturated heterocycles. The van der Waals surface area contributed by atoms with Gasteiger partial charge in [-0.15, -0.1) is 0 Å². The summed E-state index contributed by atoms with van der Waals surface area (Å²) in [5.41, 5.74) is 2.86. The van der Waals surface area contributed by atoms with Crippen LogP contribution >= 0.6 is 0 Å². The van der Waals surface area contributed by atoms with Crippen molar-refractivity contribution in [2.24, 2.45) is 0 Å². The lowest BCUT2D eigenvalue weighted by atomic mass is 9.92. The largest absolute Gasteiger partial charge is 0.462 e. The molecule has 6 heteroatoms. The van der Waals surface area contributed by atoms with Gasteiger partial charge in [-0.1, -0.05) is 49.4 Å². The van der Waals surface area contributed by atoms with Crippen LogP contribution in [0.1, 0.15) is 44.5 Å². The minimum Gasteiger partial charge on any atom is -0.462 e. The zero-order valence-corrected chi connectivity index (χ0v) is 18.8. The highest BCUT2D eigenvalue weighted by molar-refractivity contribution is 6.07. The van der Waals surface area contributed by atoms with Crippen LogP contribution in [0.5, 0.6) is 0 Å². The molecule has 1 heterocycles. The standard InChI is InChI=1S/C26H28N2O4/c1-5-17-31-24(29)20-15-14-19(21-13-9-10-16-27-21)22(18-11-7-6-8-12-18)23(20)28-25(30)32-26(2,3)4/h6-16H,5,17H2,1-4H3,(H,28,30). The molecule has 0 spiro atoms. The van der Waals surface area contributed by atoms with Crippen molar-refractivity contribution in [3.05, 3.63) is 72.4 Å². The quantitative estimate of drug-likeness (QED) is 0.461. The summed E-state index contributed by atoms with van der Waals surface area (Å²) in [5, 5.41) is 2.81. The van der Waals surface area contributed by atoms with Crippen LogP contribution in [0.4, 0.5) is 10.5 Å². The first-order chi connectivity index (χ1) is 15.3. The molecular weight excluding hydrogens is 404 g/mol. The lowest BCUT2D eigenvalue weighted by Gasteiger charge is -2.23. The van der Waals surface area contributed by atoms with Crippen molar-refractivity contribution in [3.8, 4) is 22.4 Å². The van der Waals surface area contributed by atoms with Crippen molar-refractivity contribution in [3.63, 3.8) is 0 Å². The number of hydrogen-bond acceptors (Lipinski definition) is 5. The number of nitrogens with zero attached hydrogens (tertiary/aromatic N) is 1. The van der Waals surface area contributed by atoms with Crippen molar-refractivity contribution in [2.45, 2.75) is 39.7 Å². The van der Waals surface area contributed by atoms with E-state index in [-0.39, 0.29) is 12.2 Å². The van der Waals surface area contributed by atoms with E-state index in [0.29, 0.717) is 23.4 Å². The third-order valence-corrected chi connectivity index (χ3v) is 4.49. The minimum absolute atomic E-state index is 0.253. The van der Waals surface area contributed by atoms with Gasteiger partial charge in [-0.3, -0.25) is 10.3 Å². The van der Waals surface area contributed by atoms with E-state index < -0.39 is 17.7 Å². The maximum Gasteiger partial charge on any atom is 0.412 e. The molecule has 0 unspecified atom stereocenters. The lowest BCUT2D eigenvalue weighted by Crippen LogP contribution is -2.28. The molecule has 2 aromatic carbocycles. The number of carbonyl (C=O) groups is 2. The van der Waals surface area contributed by atoms with Gasteiger partial charge >= 0.3 is 12.1 Å². The molecule has 32 heavy (non-hydrogen) atoms. The predicted molar refractivity (Wildman–Crippen MR) is 126 cm³/mol. The van der Waals surface area contributed by atoms with Crippen molar-refractivity contribution >= 4 is 17.7 Å². The molecule has 0 fully saturated rings. The molecule has 166 valence electrons. The topological polar surface area (TPSA) is 77.5 Å². The molecule has 0 atom stereocenters. The van der Waals surface area contributed by atoms with Gasteiger partial charge in [0.15, 0.2) is 0 Å². The second-order valence-electron chi connectivity index (χ2n) is 8.25. The van der Waals surface area contributed by atoms with E-state index in [1.165, 1.54) is 0 Å². The van der Waals surface area contributed by atoms with Gasteiger partial charge in [0.05, 0.1) is 23.6 Å². The molecule has 0 aliphatic carbocycles. The van der Waals surface area contributed by atoms with E-state index >= 15 is 0 Å². The summed E-state index contributed by atoms with van der Waals surface area (Å²) in [4.78, 5) is 30.1. The van der Waals surface area contributed by atoms with Crippen LogP contribution in [0.2, 0.25) is 0 Å². The predicted octanol–water partition coefficient (Wildman–Crippen LogP) is 6.33. The Kier molecular flexibility index (Phi) is 7.25. The zero-order valence-electron chi connectivity index (χ0n) is 18.8. The second kappa shape index (κ2) is 10.1. The number of amides is 1. The zero-order chi connectivity index (χ0) is 23.1. The first-order valence-electron chi connectivity index (χ1n) is 10.6. The van der Waals surface area contributed by atoms with Crippen LogP contribution < -0.4 is 5.32 Å². The van der Waals surface area contributed by atoms with Gasteiger partial charge in [-0.2, -0.15) is 0 Å². The molecule has 0 saturated carbocycles. The number of ether oxygens (including phenoxy) is 2. The summed E-state index contributed by atoms with van der Waals surface area (Å²) in [6, 6.07) is 18.6. The molecular formula is C26H28N2O4. The van der Waals surface area contributed by atoms with E-state index in [0.717, 1.165) is 11.1 Å². The molecule has 3 rings (SSSR count). The van der Waals surface area contributed by atoms with Gasteiger partial charge in [0.2, 0.25) is 0 Å². The van der Waals surface area contributed by atoms with Crippen molar-refractivity contribution in [1.29, 1.82) is 0 Å². The molecule has 1 N–H and O–H groups in total. The number of pyridine rings is 1. The number of esters is 1. The van der Waals surface area contributed by atoms with E-state index in [1.54, 1.807) is 33.0 Å². The van der Waals surface area contributed by atoms with Crippen molar-refractivity contribution in [1.82, 2.24) is 4.98 Å². The van der Waals surface area contributed by atoms with E-state index in [4.69, 9.17) is 9.47 Å². The van der Waals surface area contributed by atoms with E-state index in [2.05, 4.69) is 10.3 Å². The minimum atomic E-state index is -0.696. The Morgan fingerprint density at radius 3 is 2.31 bits per heavy atom. The average molecular weight is 433 g/mol. The van der Waals surface area contributed by atoms with Crippen LogP contribution in [0.15, 0.2) is 66.9 Å². The summed E-state index contributed by atoms with van der Waals surface area (Å²) in [6.45, 7) is 7.56. The number of anilines is 1. The smallest absolute Gasteiger partial charge is 0.412 e. The summed E-state index contributed by atoms with van der Waals surface area (Å²) in [6.07, 6.45) is 1.74. The number of benzene rings is 2. The van der Waals surface area contributed by atoms with Crippen molar-refractivity contribution in [2.75, 3.05) is 11.9 Å². The van der Waals surface area contributed by atoms with Crippen LogP contribution in [0, 0.1) is 0 Å². The number of carbonyl (C=O) groups excluding carboxylic acids is 2. The molecule has 0 bridgehead atoms. The maximum atomic E-state index is 12.9. The number of hydrogen-bond donors (Lipinski definition) is 1. The van der Waals surface area contributed by atoms with Crippen LogP contribution in [0.25, 0.3) is 22.4 Å². The van der Waals surface area contributed by atoms with Crippen molar-refractivity contribution < 1.29 is 19.1 Å². The van der Waals surface area contributed by atoms with E-state index in [1.807, 2.05) is 61.5 Å². The second-order valence-corrected chi connectivity index (χ2v) is 8.25. The monoisotopic (exact) mass is 432 g/mol. The van der Waals surface area contributed by atoms with Gasteiger partial charge in [-0.25, -0.2) is 9.59 Å². The Balaban J connectivity index is 2.23. The summed E-state index contributed by atoms with van der Waals surface area (Å²) >= 11 is 0. The SMILES string of the molecule is CCCOC(=O)c1ccc(-c2ccccn2)c(-c2ccccc2)c1NC(=O)OC(C)(C)C. The van der Waals surface area contributed by atoms with Gasteiger partial charge in [0.25, 0.3) is 0 Å². The van der Waals surface area contributed by atoms with E-state index in [9.17, 15) is 9.59 Å². The molecule has 6 nitrogen and oxygen atoms in total. The first-order valence-corrected chi connectivity index (χ1v) is 10.6. The van der Waals surface area contributed by atoms with Gasteiger partial charge in [-0.05, 0) is 51.0 Å². The molecule has 1 aromatic heterocycles. The third kappa shape index (κ3) is 5.72. The van der Waals surface area contributed by atoms with Gasteiger partial charge in [0, 0.05) is 17.3 Å². The molecule has 3 aromatic rings. The lowest BCUT2D eigenvalue weighted by molar-refractivity contribution is 0.0506. The Morgan fingerprint density at radius 2 is 1.69 bits per heavy atom. The number of rotatable bonds is 6. The van der Waals surface area contributed by atoms with Crippen LogP contribution in [0.3, 0.4) is 0 Å². The summed E-state index contributed by atoms with van der Waals surface area (Å²) in [7, 11) is 0. The third-order valence-electron chi connectivity index (χ3n) is 4.49. The molecule has 0 aliphatic heterocycles. The Bertz CT molecular complexity index is 1070. The molecule has 0 aliphatic rings. The Hall–Kier alpha value is -3.67. The highest BCUT2D eigenvalue weighted by Gasteiger charge is 2.25. The maximum absolute atomic E-state index is 12.9. The highest BCUT2D eigenvalue weighted by Crippen LogP contribution is 2.40. The van der Waals surface area contributed by atoms with Gasteiger partial charge < -0.3 is 9.47 Å². The van der Waals surface area contributed by atoms with Crippen LogP contribution in [-0.2, 0) is 9.47 Å². The molecule has 1 amide bonds. The fourth-order valence-electron chi connectivity index (χ4n) is 3.22. The van der Waals surface area contributed by atoms with Crippen LogP contribution in [-0.4, -0.2) is 29.3 Å². The average Bonchev–Trinajstić information content (AvgIpc) is 2.77. The number of aromatic nitrogens is 1. The Morgan fingerprint density at radius 1 is 0.969 bits per heavy atom. The highest BCUT2D eigenvalue weighted by atomic mass is 16.6. The summed E-state index contributed by atoms with van der Waals surface area (Å²) in [5.74, 6) is -0.511. The normalized spacial score (nSPS) is 11.0.